The fraction of sp³-hybridized carbons (Fsp3) is 0.318. The molecule has 1 saturated heterocycles. The number of thiazole rings is 1. The van der Waals surface area contributed by atoms with Crippen molar-refractivity contribution in [1.29, 1.82) is 0 Å². The van der Waals surface area contributed by atoms with Gasteiger partial charge in [0.25, 0.3) is 11.6 Å². The van der Waals surface area contributed by atoms with Crippen LogP contribution in [0.15, 0.2) is 52.4 Å². The predicted octanol–water partition coefficient (Wildman–Crippen LogP) is 2.45. The van der Waals surface area contributed by atoms with Crippen LogP contribution in [0.4, 0.5) is 10.1 Å². The van der Waals surface area contributed by atoms with E-state index in [-0.39, 0.29) is 47.9 Å². The number of nitrogens with zero attached hydrogens (tertiary/aromatic N) is 4. The molecule has 0 N–H and O–H groups in total. The normalized spacial score (nSPS) is 15.8. The Morgan fingerprint density at radius 1 is 1.19 bits per heavy atom. The molecule has 0 saturated carbocycles. The first-order chi connectivity index (χ1) is 17.1. The molecule has 36 heavy (non-hydrogen) atoms. The predicted molar refractivity (Wildman–Crippen MR) is 127 cm³/mol. The zero-order chi connectivity index (χ0) is 26.0. The zero-order valence-electron chi connectivity index (χ0n) is 19.0. The maximum Gasteiger partial charge on any atom is 0.325 e. The number of nitro benzene ring substituents is 1. The standard InChI is InChI=1S/C22H21FN4O7S2/c1-34-20(28)13-26-18-7-4-16(27(30)31)12-19(18)35-22(26)24-21(29)14-8-10-25(11-9-14)36(32,33)17-5-2-15(23)3-6-17/h2-7,12,14H,8-11,13H2,1H3. The van der Waals surface area contributed by atoms with E-state index in [0.717, 1.165) is 23.5 Å². The van der Waals surface area contributed by atoms with Gasteiger partial charge in [-0.25, -0.2) is 12.8 Å². The van der Waals surface area contributed by atoms with Crippen LogP contribution in [0.3, 0.4) is 0 Å². The van der Waals surface area contributed by atoms with Crippen LogP contribution in [0.5, 0.6) is 0 Å². The van der Waals surface area contributed by atoms with E-state index in [1.54, 1.807) is 0 Å². The van der Waals surface area contributed by atoms with Crippen molar-refractivity contribution < 1.29 is 32.1 Å². The molecule has 0 atom stereocenters. The monoisotopic (exact) mass is 536 g/mol. The molecule has 3 aromatic rings. The second-order valence-electron chi connectivity index (χ2n) is 8.04. The van der Waals surface area contributed by atoms with Gasteiger partial charge in [-0.15, -0.1) is 0 Å². The Morgan fingerprint density at radius 2 is 1.86 bits per heavy atom. The van der Waals surface area contributed by atoms with E-state index in [9.17, 15) is 32.5 Å². The molecular weight excluding hydrogens is 515 g/mol. The number of fused-ring (bicyclic) bond motifs is 1. The molecule has 1 aliphatic heterocycles. The molecule has 0 radical (unpaired) electrons. The summed E-state index contributed by atoms with van der Waals surface area (Å²) in [5, 5.41) is 11.1. The van der Waals surface area contributed by atoms with E-state index < -0.39 is 38.6 Å². The van der Waals surface area contributed by atoms with Gasteiger partial charge in [0.2, 0.25) is 10.0 Å². The molecule has 0 aliphatic carbocycles. The second kappa shape index (κ2) is 10.2. The minimum Gasteiger partial charge on any atom is -0.468 e. The highest BCUT2D eigenvalue weighted by atomic mass is 32.2. The number of amides is 1. The number of sulfonamides is 1. The number of methoxy groups -OCH3 is 1. The molecule has 0 spiro atoms. The number of non-ortho nitro benzene ring substituents is 1. The number of rotatable bonds is 6. The van der Waals surface area contributed by atoms with Gasteiger partial charge in [0.15, 0.2) is 4.80 Å². The van der Waals surface area contributed by atoms with Crippen molar-refractivity contribution in [3.05, 3.63) is 63.2 Å². The van der Waals surface area contributed by atoms with Crippen LogP contribution in [0.25, 0.3) is 10.2 Å². The van der Waals surface area contributed by atoms with Crippen molar-refractivity contribution in [3.8, 4) is 0 Å². The molecule has 2 aromatic carbocycles. The molecule has 1 aromatic heterocycles. The van der Waals surface area contributed by atoms with Gasteiger partial charge in [0, 0.05) is 31.1 Å². The Bertz CT molecular complexity index is 1510. The van der Waals surface area contributed by atoms with E-state index in [2.05, 4.69) is 4.99 Å². The molecule has 1 aliphatic rings. The van der Waals surface area contributed by atoms with E-state index in [0.29, 0.717) is 10.2 Å². The molecule has 4 rings (SSSR count). The average Bonchev–Trinajstić information content (AvgIpc) is 3.20. The summed E-state index contributed by atoms with van der Waals surface area (Å²) in [5.41, 5.74) is 0.351. The summed E-state index contributed by atoms with van der Waals surface area (Å²) in [5.74, 6) is -2.15. The van der Waals surface area contributed by atoms with Crippen molar-refractivity contribution in [2.24, 2.45) is 10.9 Å². The van der Waals surface area contributed by atoms with Crippen molar-refractivity contribution in [3.63, 3.8) is 0 Å². The quantitative estimate of drug-likeness (QED) is 0.268. The summed E-state index contributed by atoms with van der Waals surface area (Å²) in [6, 6.07) is 8.67. The SMILES string of the molecule is COC(=O)Cn1c(=NC(=O)C2CCN(S(=O)(=O)c3ccc(F)cc3)CC2)sc2cc([N+](=O)[O-])ccc21. The summed E-state index contributed by atoms with van der Waals surface area (Å²) >= 11 is 1.03. The number of carbonyl (C=O) groups excluding carboxylic acids is 2. The summed E-state index contributed by atoms with van der Waals surface area (Å²) in [7, 11) is -2.60. The number of aromatic nitrogens is 1. The second-order valence-corrected chi connectivity index (χ2v) is 11.0. The molecular formula is C22H21FN4O7S2. The Kier molecular flexibility index (Phi) is 7.28. The molecule has 14 heteroatoms. The van der Waals surface area contributed by atoms with Gasteiger partial charge in [0.1, 0.15) is 12.4 Å². The number of hydrogen-bond acceptors (Lipinski definition) is 8. The maximum absolute atomic E-state index is 13.2. The number of esters is 1. The lowest BCUT2D eigenvalue weighted by Gasteiger charge is -2.29. The molecule has 2 heterocycles. The van der Waals surface area contributed by atoms with Crippen molar-refractivity contribution in [1.82, 2.24) is 8.87 Å². The van der Waals surface area contributed by atoms with Crippen LogP contribution in [0.1, 0.15) is 12.8 Å². The number of halogens is 1. The first kappa shape index (κ1) is 25.6. The third-order valence-electron chi connectivity index (χ3n) is 5.85. The molecule has 11 nitrogen and oxygen atoms in total. The summed E-state index contributed by atoms with van der Waals surface area (Å²) in [6.07, 6.45) is 0.465. The highest BCUT2D eigenvalue weighted by Gasteiger charge is 2.32. The third kappa shape index (κ3) is 5.20. The Labute approximate surface area is 208 Å². The number of carbonyl (C=O) groups is 2. The van der Waals surface area contributed by atoms with Gasteiger partial charge >= 0.3 is 5.97 Å². The summed E-state index contributed by atoms with van der Waals surface area (Å²) < 4.78 is 46.7. The van der Waals surface area contributed by atoms with Gasteiger partial charge in [-0.1, -0.05) is 11.3 Å². The van der Waals surface area contributed by atoms with E-state index >= 15 is 0 Å². The first-order valence-corrected chi connectivity index (χ1v) is 13.0. The smallest absolute Gasteiger partial charge is 0.325 e. The van der Waals surface area contributed by atoms with Gasteiger partial charge < -0.3 is 9.30 Å². The summed E-state index contributed by atoms with van der Waals surface area (Å²) in [6.45, 7) is -0.0619. The van der Waals surface area contributed by atoms with E-state index in [4.69, 9.17) is 4.74 Å². The summed E-state index contributed by atoms with van der Waals surface area (Å²) in [4.78, 5) is 39.9. The van der Waals surface area contributed by atoms with Crippen LogP contribution >= 0.6 is 11.3 Å². The maximum atomic E-state index is 13.2. The van der Waals surface area contributed by atoms with Crippen molar-refractivity contribution >= 4 is 49.1 Å². The Hall–Kier alpha value is -3.49. The lowest BCUT2D eigenvalue weighted by Crippen LogP contribution is -2.40. The Morgan fingerprint density at radius 3 is 2.47 bits per heavy atom. The van der Waals surface area contributed by atoms with Crippen LogP contribution in [0, 0.1) is 21.8 Å². The van der Waals surface area contributed by atoms with E-state index in [1.807, 2.05) is 0 Å². The fourth-order valence-electron chi connectivity index (χ4n) is 3.89. The molecule has 190 valence electrons. The van der Waals surface area contributed by atoms with Crippen LogP contribution < -0.4 is 4.80 Å². The minimum atomic E-state index is -3.82. The number of nitro groups is 1. The Balaban J connectivity index is 1.57. The molecule has 0 unspecified atom stereocenters. The zero-order valence-corrected chi connectivity index (χ0v) is 20.6. The number of benzene rings is 2. The van der Waals surface area contributed by atoms with Crippen molar-refractivity contribution in [2.75, 3.05) is 20.2 Å². The van der Waals surface area contributed by atoms with Crippen LogP contribution in [-0.4, -0.2) is 54.3 Å². The highest BCUT2D eigenvalue weighted by Crippen LogP contribution is 2.26. The largest absolute Gasteiger partial charge is 0.468 e. The average molecular weight is 537 g/mol. The minimum absolute atomic E-state index is 0.0263. The fourth-order valence-corrected chi connectivity index (χ4v) is 6.43. The number of ether oxygens (including phenoxy) is 1. The number of hydrogen-bond donors (Lipinski definition) is 0. The first-order valence-electron chi connectivity index (χ1n) is 10.8. The third-order valence-corrected chi connectivity index (χ3v) is 8.81. The molecule has 1 fully saturated rings. The topological polar surface area (TPSA) is 141 Å². The van der Waals surface area contributed by atoms with Crippen LogP contribution in [-0.2, 0) is 30.9 Å². The molecule has 1 amide bonds. The number of piperidine rings is 1. The van der Waals surface area contributed by atoms with Gasteiger partial charge in [-0.05, 0) is 43.2 Å². The van der Waals surface area contributed by atoms with Gasteiger partial charge in [-0.3, -0.25) is 19.7 Å². The van der Waals surface area contributed by atoms with Gasteiger partial charge in [-0.2, -0.15) is 9.30 Å². The van der Waals surface area contributed by atoms with Crippen molar-refractivity contribution in [2.45, 2.75) is 24.3 Å². The lowest BCUT2D eigenvalue weighted by molar-refractivity contribution is -0.384. The lowest BCUT2D eigenvalue weighted by atomic mass is 9.98. The van der Waals surface area contributed by atoms with Gasteiger partial charge in [0.05, 0.1) is 27.1 Å². The molecule has 0 bridgehead atoms. The highest BCUT2D eigenvalue weighted by molar-refractivity contribution is 7.89. The van der Waals surface area contributed by atoms with Crippen LogP contribution in [0.2, 0.25) is 0 Å². The van der Waals surface area contributed by atoms with E-state index in [1.165, 1.54) is 46.3 Å².